The van der Waals surface area contributed by atoms with Crippen molar-refractivity contribution >= 4 is 0 Å². The van der Waals surface area contributed by atoms with E-state index in [-0.39, 0.29) is 13.4 Å². The highest BCUT2D eigenvalue weighted by atomic mass is 16.7. The van der Waals surface area contributed by atoms with Crippen LogP contribution in [0.3, 0.4) is 0 Å². The average molecular weight is 483 g/mol. The Kier molecular flexibility index (Phi) is 7.43. The van der Waals surface area contributed by atoms with Gasteiger partial charge in [0.25, 0.3) is 0 Å². The maximum atomic E-state index is 10.4. The average Bonchev–Trinajstić information content (AvgIpc) is 3.55. The number of aliphatic hydroxyl groups is 1. The van der Waals surface area contributed by atoms with Crippen LogP contribution < -0.4 is 14.2 Å². The lowest BCUT2D eigenvalue weighted by Crippen LogP contribution is -2.48. The first-order valence-corrected chi connectivity index (χ1v) is 11.7. The number of fused-ring (bicyclic) bond motifs is 1. The first kappa shape index (κ1) is 23.6. The number of aliphatic hydroxyl groups excluding tert-OH is 1. The van der Waals surface area contributed by atoms with E-state index in [2.05, 4.69) is 19.9 Å². The molecule has 0 bridgehead atoms. The van der Waals surface area contributed by atoms with E-state index >= 15 is 0 Å². The Morgan fingerprint density at radius 1 is 1.00 bits per heavy atom. The molecule has 5 rings (SSSR count). The van der Waals surface area contributed by atoms with Crippen molar-refractivity contribution in [2.75, 3.05) is 53.2 Å². The molecule has 1 saturated heterocycles. The van der Waals surface area contributed by atoms with Gasteiger partial charge in [-0.05, 0) is 42.0 Å². The van der Waals surface area contributed by atoms with E-state index < -0.39 is 6.10 Å². The van der Waals surface area contributed by atoms with Crippen LogP contribution in [0, 0.1) is 0 Å². The number of hydrogen-bond donors (Lipinski definition) is 1. The van der Waals surface area contributed by atoms with Crippen LogP contribution in [0.5, 0.6) is 17.2 Å². The normalized spacial score (nSPS) is 17.0. The highest BCUT2D eigenvalue weighted by Crippen LogP contribution is 2.32. The van der Waals surface area contributed by atoms with Gasteiger partial charge in [0, 0.05) is 38.3 Å². The molecule has 10 nitrogen and oxygen atoms in total. The van der Waals surface area contributed by atoms with Crippen molar-refractivity contribution in [2.45, 2.75) is 19.3 Å². The van der Waals surface area contributed by atoms with Gasteiger partial charge in [-0.1, -0.05) is 11.2 Å². The molecule has 1 aromatic heterocycles. The fraction of sp³-hybridized carbons (Fsp3) is 0.440. The Morgan fingerprint density at radius 2 is 1.77 bits per heavy atom. The summed E-state index contributed by atoms with van der Waals surface area (Å²) in [5.41, 5.74) is 1.88. The van der Waals surface area contributed by atoms with Crippen LogP contribution in [0.2, 0.25) is 0 Å². The van der Waals surface area contributed by atoms with Gasteiger partial charge in [0.2, 0.25) is 18.5 Å². The minimum absolute atomic E-state index is 0.255. The number of aromatic nitrogens is 2. The summed E-state index contributed by atoms with van der Waals surface area (Å²) in [6, 6.07) is 13.3. The summed E-state index contributed by atoms with van der Waals surface area (Å²) in [5.74, 6) is 3.45. The van der Waals surface area contributed by atoms with Gasteiger partial charge in [-0.2, -0.15) is 4.98 Å². The quantitative estimate of drug-likeness (QED) is 0.462. The largest absolute Gasteiger partial charge is 0.497 e. The fourth-order valence-electron chi connectivity index (χ4n) is 4.19. The first-order valence-electron chi connectivity index (χ1n) is 11.7. The second-order valence-corrected chi connectivity index (χ2v) is 8.67. The van der Waals surface area contributed by atoms with Gasteiger partial charge >= 0.3 is 0 Å². The van der Waals surface area contributed by atoms with Gasteiger partial charge in [-0.15, -0.1) is 0 Å². The molecule has 0 unspecified atom stereocenters. The Morgan fingerprint density at radius 3 is 2.57 bits per heavy atom. The Bertz CT molecular complexity index is 1100. The van der Waals surface area contributed by atoms with Crippen LogP contribution in [-0.4, -0.2) is 84.4 Å². The summed E-state index contributed by atoms with van der Waals surface area (Å²) in [4.78, 5) is 9.06. The molecular weight excluding hydrogens is 452 g/mol. The molecule has 1 atom stereocenters. The SMILES string of the molecule is COc1ccc(-c2noc(CN3CCN(C[C@H](O)COCc4ccc5c(c4)OCO5)CC3)n2)cc1. The van der Waals surface area contributed by atoms with E-state index in [1.807, 2.05) is 42.5 Å². The fourth-order valence-corrected chi connectivity index (χ4v) is 4.19. The molecule has 0 spiro atoms. The third kappa shape index (κ3) is 6.09. The van der Waals surface area contributed by atoms with Gasteiger partial charge in [0.15, 0.2) is 11.5 Å². The molecule has 2 aliphatic rings. The van der Waals surface area contributed by atoms with Crippen LogP contribution >= 0.6 is 0 Å². The molecule has 10 heteroatoms. The summed E-state index contributed by atoms with van der Waals surface area (Å²) in [7, 11) is 1.64. The zero-order chi connectivity index (χ0) is 24.0. The van der Waals surface area contributed by atoms with E-state index in [0.29, 0.717) is 31.4 Å². The molecule has 1 N–H and O–H groups in total. The van der Waals surface area contributed by atoms with Crippen molar-refractivity contribution in [3.8, 4) is 28.6 Å². The molecule has 0 saturated carbocycles. The van der Waals surface area contributed by atoms with E-state index in [9.17, 15) is 5.11 Å². The lowest BCUT2D eigenvalue weighted by molar-refractivity contribution is 0.000239. The minimum atomic E-state index is -0.543. The maximum Gasteiger partial charge on any atom is 0.241 e. The second-order valence-electron chi connectivity index (χ2n) is 8.67. The molecular formula is C25H30N4O6. The van der Waals surface area contributed by atoms with Crippen LogP contribution in [0.1, 0.15) is 11.5 Å². The van der Waals surface area contributed by atoms with Crippen LogP contribution in [0.25, 0.3) is 11.4 Å². The predicted molar refractivity (Wildman–Crippen MR) is 126 cm³/mol. The summed E-state index contributed by atoms with van der Waals surface area (Å²) in [6.45, 7) is 5.60. The molecule has 2 aliphatic heterocycles. The zero-order valence-electron chi connectivity index (χ0n) is 19.8. The van der Waals surface area contributed by atoms with Crippen molar-refractivity contribution in [3.05, 3.63) is 53.9 Å². The predicted octanol–water partition coefficient (Wildman–Crippen LogP) is 2.17. The maximum absolute atomic E-state index is 10.4. The second kappa shape index (κ2) is 11.0. The van der Waals surface area contributed by atoms with Crippen molar-refractivity contribution in [2.24, 2.45) is 0 Å². The first-order chi connectivity index (χ1) is 17.2. The highest BCUT2D eigenvalue weighted by Gasteiger charge is 2.21. The van der Waals surface area contributed by atoms with E-state index in [4.69, 9.17) is 23.5 Å². The molecule has 0 aliphatic carbocycles. The molecule has 0 amide bonds. The standard InChI is InChI=1S/C25H30N4O6/c1-31-21-5-3-19(4-6-21)25-26-24(35-27-25)14-29-10-8-28(9-11-29)13-20(30)16-32-15-18-2-7-22-23(12-18)34-17-33-22/h2-7,12,20,30H,8-11,13-17H2,1H3/t20-/m0/s1. The Hall–Kier alpha value is -3.18. The Labute approximate surface area is 204 Å². The molecule has 35 heavy (non-hydrogen) atoms. The van der Waals surface area contributed by atoms with Gasteiger partial charge in [0.05, 0.1) is 33.0 Å². The van der Waals surface area contributed by atoms with Crippen molar-refractivity contribution in [1.29, 1.82) is 0 Å². The summed E-state index contributed by atoms with van der Waals surface area (Å²) < 4.78 is 27.1. The third-order valence-corrected chi connectivity index (χ3v) is 6.12. The van der Waals surface area contributed by atoms with Crippen molar-refractivity contribution in [3.63, 3.8) is 0 Å². The molecule has 0 radical (unpaired) electrons. The molecule has 186 valence electrons. The van der Waals surface area contributed by atoms with Crippen LogP contribution in [0.4, 0.5) is 0 Å². The summed E-state index contributed by atoms with van der Waals surface area (Å²) in [5, 5.41) is 14.5. The lowest BCUT2D eigenvalue weighted by Gasteiger charge is -2.34. The van der Waals surface area contributed by atoms with Crippen LogP contribution in [-0.2, 0) is 17.9 Å². The number of β-amino-alcohol motifs (C(OH)–C–C–N with tert-alkyl or cyclic N) is 1. The Balaban J connectivity index is 1.01. The van der Waals surface area contributed by atoms with E-state index in [0.717, 1.165) is 54.6 Å². The van der Waals surface area contributed by atoms with Crippen molar-refractivity contribution in [1.82, 2.24) is 19.9 Å². The van der Waals surface area contributed by atoms with Gasteiger partial charge < -0.3 is 28.6 Å². The smallest absolute Gasteiger partial charge is 0.241 e. The van der Waals surface area contributed by atoms with Gasteiger partial charge in [0.1, 0.15) is 5.75 Å². The van der Waals surface area contributed by atoms with Gasteiger partial charge in [-0.3, -0.25) is 9.80 Å². The van der Waals surface area contributed by atoms with Crippen molar-refractivity contribution < 1.29 is 28.6 Å². The molecule has 3 heterocycles. The summed E-state index contributed by atoms with van der Waals surface area (Å²) >= 11 is 0. The van der Waals surface area contributed by atoms with E-state index in [1.54, 1.807) is 7.11 Å². The zero-order valence-corrected chi connectivity index (χ0v) is 19.8. The molecule has 1 fully saturated rings. The number of hydrogen-bond acceptors (Lipinski definition) is 10. The monoisotopic (exact) mass is 482 g/mol. The number of benzene rings is 2. The molecule has 3 aromatic rings. The lowest BCUT2D eigenvalue weighted by atomic mass is 10.2. The van der Waals surface area contributed by atoms with Gasteiger partial charge in [-0.25, -0.2) is 0 Å². The van der Waals surface area contributed by atoms with Crippen LogP contribution in [0.15, 0.2) is 47.0 Å². The highest BCUT2D eigenvalue weighted by molar-refractivity contribution is 5.55. The summed E-state index contributed by atoms with van der Waals surface area (Å²) in [6.07, 6.45) is -0.543. The topological polar surface area (TPSA) is 103 Å². The number of piperazine rings is 1. The minimum Gasteiger partial charge on any atom is -0.497 e. The number of nitrogens with zero attached hydrogens (tertiary/aromatic N) is 4. The third-order valence-electron chi connectivity index (χ3n) is 6.12. The van der Waals surface area contributed by atoms with E-state index in [1.165, 1.54) is 0 Å². The number of methoxy groups -OCH3 is 1. The molecule has 2 aromatic carbocycles. The number of rotatable bonds is 10. The number of ether oxygens (including phenoxy) is 4.